The summed E-state index contributed by atoms with van der Waals surface area (Å²) in [5.74, 6) is -1.78. The van der Waals surface area contributed by atoms with Crippen LogP contribution in [0, 0.1) is 12.3 Å². The highest BCUT2D eigenvalue weighted by Crippen LogP contribution is 2.48. The molecule has 1 aliphatic rings. The van der Waals surface area contributed by atoms with Gasteiger partial charge in [0, 0.05) is 22.2 Å². The maximum atomic E-state index is 12.1. The number of primary amides is 1. The molecular weight excluding hydrogens is 488 g/mol. The van der Waals surface area contributed by atoms with Crippen LogP contribution >= 0.6 is 0 Å². The van der Waals surface area contributed by atoms with E-state index in [0.29, 0.717) is 11.1 Å². The first-order valence-corrected chi connectivity index (χ1v) is 12.7. The Morgan fingerprint density at radius 3 is 2.33 bits per heavy atom. The molecule has 39 heavy (non-hydrogen) atoms. The third-order valence-corrected chi connectivity index (χ3v) is 7.63. The summed E-state index contributed by atoms with van der Waals surface area (Å²) >= 11 is 0. The number of anilines is 1. The summed E-state index contributed by atoms with van der Waals surface area (Å²) in [5, 5.41) is 21.5. The zero-order valence-electron chi connectivity index (χ0n) is 21.8. The second-order valence-electron chi connectivity index (χ2n) is 10.3. The van der Waals surface area contributed by atoms with Crippen molar-refractivity contribution in [2.45, 2.75) is 31.7 Å². The second kappa shape index (κ2) is 9.76. The van der Waals surface area contributed by atoms with E-state index in [2.05, 4.69) is 30.4 Å². The number of carbonyl (C=O) groups excluding carboxylic acids is 1. The van der Waals surface area contributed by atoms with Crippen LogP contribution < -0.4 is 16.8 Å². The van der Waals surface area contributed by atoms with Crippen LogP contribution in [0.4, 0.5) is 5.69 Å². The number of amides is 1. The molecule has 0 saturated heterocycles. The highest BCUT2D eigenvalue weighted by atomic mass is 16.4. The molecule has 0 fully saturated rings. The van der Waals surface area contributed by atoms with Crippen LogP contribution in [0.25, 0.3) is 11.1 Å². The maximum Gasteiger partial charge on any atom is 0.336 e. The molecule has 0 bridgehead atoms. The summed E-state index contributed by atoms with van der Waals surface area (Å²) in [6.07, 6.45) is 0.723. The molecular formula is C32H30N4O3. The van der Waals surface area contributed by atoms with Gasteiger partial charge in [0.25, 0.3) is 0 Å². The molecule has 7 N–H and O–H groups in total. The standard InChI is InChI=1S/C32H30N4O3/c1-18-12-21(24-10-8-20(30(35)37)15-25(24)31(38)39)14-22(13-18)28-17-32(2,23-6-4-3-5-7-23)26-16-19(29(33)34)9-11-27(26)36-28/h3-16,28,36H,17H2,1-2H3,(H3,33,34)(H2,35,37)(H,38,39). The van der Waals surface area contributed by atoms with E-state index in [4.69, 9.17) is 16.9 Å². The minimum Gasteiger partial charge on any atom is -0.478 e. The zero-order valence-corrected chi connectivity index (χ0v) is 21.8. The van der Waals surface area contributed by atoms with E-state index in [1.54, 1.807) is 12.1 Å². The Hall–Kier alpha value is -4.91. The summed E-state index contributed by atoms with van der Waals surface area (Å²) in [6.45, 7) is 4.19. The van der Waals surface area contributed by atoms with Gasteiger partial charge in [0.15, 0.2) is 0 Å². The Morgan fingerprint density at radius 1 is 0.949 bits per heavy atom. The average Bonchev–Trinajstić information content (AvgIpc) is 2.92. The number of nitrogen functional groups attached to an aromatic ring is 1. The first kappa shape index (κ1) is 25.7. The molecule has 0 spiro atoms. The number of benzene rings is 4. The summed E-state index contributed by atoms with van der Waals surface area (Å²) in [6, 6.07) is 26.6. The molecule has 2 atom stereocenters. The number of aromatic carboxylic acids is 1. The average molecular weight is 519 g/mol. The van der Waals surface area contributed by atoms with Crippen molar-refractivity contribution in [2.24, 2.45) is 11.5 Å². The number of rotatable bonds is 6. The molecule has 4 aromatic carbocycles. The Morgan fingerprint density at radius 2 is 1.67 bits per heavy atom. The normalized spacial score (nSPS) is 18.1. The monoisotopic (exact) mass is 518 g/mol. The Kier molecular flexibility index (Phi) is 6.44. The number of carboxylic acids is 1. The molecule has 0 aromatic heterocycles. The second-order valence-corrected chi connectivity index (χ2v) is 10.3. The van der Waals surface area contributed by atoms with Gasteiger partial charge in [-0.25, -0.2) is 4.79 Å². The predicted octanol–water partition coefficient (Wildman–Crippen LogP) is 5.61. The van der Waals surface area contributed by atoms with Crippen molar-refractivity contribution in [1.82, 2.24) is 0 Å². The number of hydrogen-bond donors (Lipinski definition) is 5. The van der Waals surface area contributed by atoms with Crippen molar-refractivity contribution >= 4 is 23.4 Å². The minimum atomic E-state index is -1.13. The van der Waals surface area contributed by atoms with Gasteiger partial charge in [-0.05, 0) is 77.6 Å². The number of aryl methyl sites for hydroxylation is 1. The van der Waals surface area contributed by atoms with E-state index in [-0.39, 0.29) is 28.4 Å². The van der Waals surface area contributed by atoms with Crippen molar-refractivity contribution in [3.63, 3.8) is 0 Å². The van der Waals surface area contributed by atoms with Crippen LogP contribution in [0.15, 0.2) is 84.9 Å². The number of carbonyl (C=O) groups is 2. The first-order valence-electron chi connectivity index (χ1n) is 12.7. The molecule has 0 radical (unpaired) electrons. The van der Waals surface area contributed by atoms with Crippen molar-refractivity contribution in [1.29, 1.82) is 5.41 Å². The van der Waals surface area contributed by atoms with E-state index >= 15 is 0 Å². The van der Waals surface area contributed by atoms with Crippen molar-refractivity contribution in [2.75, 3.05) is 5.32 Å². The summed E-state index contributed by atoms with van der Waals surface area (Å²) < 4.78 is 0. The molecule has 2 unspecified atom stereocenters. The fourth-order valence-corrected chi connectivity index (χ4v) is 5.63. The number of carboxylic acid groups (broad SMARTS) is 1. The van der Waals surface area contributed by atoms with Crippen LogP contribution in [0.2, 0.25) is 0 Å². The zero-order chi connectivity index (χ0) is 27.9. The third kappa shape index (κ3) is 4.75. The fraction of sp³-hybridized carbons (Fsp3) is 0.156. The summed E-state index contributed by atoms with van der Waals surface area (Å²) in [4.78, 5) is 23.8. The van der Waals surface area contributed by atoms with Crippen LogP contribution in [0.5, 0.6) is 0 Å². The van der Waals surface area contributed by atoms with Gasteiger partial charge in [0.2, 0.25) is 5.91 Å². The van der Waals surface area contributed by atoms with E-state index in [1.807, 2.05) is 55.5 Å². The largest absolute Gasteiger partial charge is 0.478 e. The molecule has 0 saturated carbocycles. The molecule has 0 aliphatic carbocycles. The lowest BCUT2D eigenvalue weighted by Crippen LogP contribution is -2.35. The highest BCUT2D eigenvalue weighted by molar-refractivity contribution is 6.01. The Balaban J connectivity index is 1.64. The number of fused-ring (bicyclic) bond motifs is 1. The molecule has 196 valence electrons. The SMILES string of the molecule is Cc1cc(-c2ccc(C(N)=O)cc2C(=O)O)cc(C2CC(C)(c3ccccc3)c3cc(C(=N)N)ccc3N2)c1. The molecule has 7 heteroatoms. The van der Waals surface area contributed by atoms with Gasteiger partial charge in [-0.1, -0.05) is 61.0 Å². The van der Waals surface area contributed by atoms with Gasteiger partial charge in [0.05, 0.1) is 11.6 Å². The number of nitrogens with one attached hydrogen (secondary N) is 2. The van der Waals surface area contributed by atoms with E-state index in [1.165, 1.54) is 6.07 Å². The number of hydrogen-bond acceptors (Lipinski definition) is 4. The van der Waals surface area contributed by atoms with Crippen molar-refractivity contribution in [3.8, 4) is 11.1 Å². The van der Waals surface area contributed by atoms with E-state index in [9.17, 15) is 14.7 Å². The Bertz CT molecular complexity index is 1630. The predicted molar refractivity (Wildman–Crippen MR) is 153 cm³/mol. The van der Waals surface area contributed by atoms with Gasteiger partial charge in [-0.2, -0.15) is 0 Å². The third-order valence-electron chi connectivity index (χ3n) is 7.63. The lowest BCUT2D eigenvalue weighted by atomic mass is 9.68. The van der Waals surface area contributed by atoms with E-state index in [0.717, 1.165) is 39.9 Å². The van der Waals surface area contributed by atoms with Crippen molar-refractivity contribution < 1.29 is 14.7 Å². The van der Waals surface area contributed by atoms with E-state index < -0.39 is 11.9 Å². The molecule has 5 rings (SSSR count). The molecule has 1 heterocycles. The summed E-state index contributed by atoms with van der Waals surface area (Å²) in [7, 11) is 0. The van der Waals surface area contributed by atoms with Gasteiger partial charge in [0.1, 0.15) is 5.84 Å². The first-order chi connectivity index (χ1) is 18.6. The van der Waals surface area contributed by atoms with Gasteiger partial charge in [-0.3, -0.25) is 10.2 Å². The maximum absolute atomic E-state index is 12.1. The van der Waals surface area contributed by atoms with Crippen molar-refractivity contribution in [3.05, 3.63) is 124 Å². The lowest BCUT2D eigenvalue weighted by Gasteiger charge is -2.42. The topological polar surface area (TPSA) is 142 Å². The minimum absolute atomic E-state index is 0.0234. The lowest BCUT2D eigenvalue weighted by molar-refractivity contribution is 0.0697. The quantitative estimate of drug-likeness (QED) is 0.167. The number of nitrogens with two attached hydrogens (primary N) is 2. The van der Waals surface area contributed by atoms with Crippen LogP contribution in [-0.4, -0.2) is 22.8 Å². The highest BCUT2D eigenvalue weighted by Gasteiger charge is 2.39. The molecule has 1 amide bonds. The van der Waals surface area contributed by atoms with Gasteiger partial charge < -0.3 is 21.9 Å². The molecule has 7 nitrogen and oxygen atoms in total. The molecule has 4 aromatic rings. The molecule has 1 aliphatic heterocycles. The van der Waals surface area contributed by atoms with Gasteiger partial charge >= 0.3 is 5.97 Å². The Labute approximate surface area is 227 Å². The van der Waals surface area contributed by atoms with Crippen LogP contribution in [-0.2, 0) is 5.41 Å². The van der Waals surface area contributed by atoms with Crippen LogP contribution in [0.3, 0.4) is 0 Å². The van der Waals surface area contributed by atoms with Gasteiger partial charge in [-0.15, -0.1) is 0 Å². The summed E-state index contributed by atoms with van der Waals surface area (Å²) in [5.41, 5.74) is 18.2. The van der Waals surface area contributed by atoms with Crippen LogP contribution in [0.1, 0.15) is 67.9 Å². The number of amidine groups is 1. The fourth-order valence-electron chi connectivity index (χ4n) is 5.63. The smallest absolute Gasteiger partial charge is 0.336 e.